The molecule has 128 valence electrons. The molecule has 1 amide bonds. The van der Waals surface area contributed by atoms with Crippen LogP contribution in [0.4, 0.5) is 4.79 Å². The summed E-state index contributed by atoms with van der Waals surface area (Å²) < 4.78 is 5.24. The van der Waals surface area contributed by atoms with Crippen molar-refractivity contribution in [3.63, 3.8) is 0 Å². The van der Waals surface area contributed by atoms with Gasteiger partial charge < -0.3 is 9.64 Å². The molecule has 0 heterocycles. The molecule has 2 aliphatic rings. The predicted molar refractivity (Wildman–Crippen MR) is 90.2 cm³/mol. The molecule has 2 saturated carbocycles. The molecule has 6 heteroatoms. The summed E-state index contributed by atoms with van der Waals surface area (Å²) in [6, 6.07) is 10.2. The van der Waals surface area contributed by atoms with E-state index in [9.17, 15) is 4.79 Å². The van der Waals surface area contributed by atoms with Gasteiger partial charge in [0.15, 0.2) is 0 Å². The highest BCUT2D eigenvalue weighted by atomic mass is 16.6. The van der Waals surface area contributed by atoms with E-state index in [1.807, 2.05) is 23.7 Å². The van der Waals surface area contributed by atoms with E-state index in [1.165, 1.54) is 5.56 Å². The third kappa shape index (κ3) is 3.28. The molecule has 0 saturated heterocycles. The zero-order valence-electron chi connectivity index (χ0n) is 13.6. The number of benzene rings is 1. The molecular weight excluding hydrogens is 306 g/mol. The summed E-state index contributed by atoms with van der Waals surface area (Å²) in [7, 11) is 0. The number of nitrogens with one attached hydrogen (secondary N) is 2. The smallest absolute Gasteiger partial charge is 0.410 e. The van der Waals surface area contributed by atoms with Crippen molar-refractivity contribution in [2.24, 2.45) is 5.41 Å². The van der Waals surface area contributed by atoms with Crippen molar-refractivity contribution in [2.45, 2.75) is 31.2 Å². The minimum atomic E-state index is -0.466. The lowest BCUT2D eigenvalue weighted by atomic mass is 10.0. The molecule has 0 aliphatic heterocycles. The fourth-order valence-corrected chi connectivity index (χ4v) is 3.20. The Kier molecular flexibility index (Phi) is 4.57. The number of carbonyl (C=O) groups is 1. The number of nitrogens with zero attached hydrogens (tertiary/aromatic N) is 1. The minimum Gasteiger partial charge on any atom is -0.445 e. The van der Waals surface area contributed by atoms with Crippen LogP contribution in [0.2, 0.25) is 0 Å². The van der Waals surface area contributed by atoms with E-state index in [-0.39, 0.29) is 24.6 Å². The lowest BCUT2D eigenvalue weighted by Crippen LogP contribution is -2.43. The van der Waals surface area contributed by atoms with Gasteiger partial charge in [0, 0.05) is 23.9 Å². The zero-order valence-corrected chi connectivity index (χ0v) is 13.6. The molecule has 0 radical (unpaired) electrons. The molecule has 1 aromatic rings. The second-order valence-electron chi connectivity index (χ2n) is 6.58. The molecule has 24 heavy (non-hydrogen) atoms. The fraction of sp³-hybridized carbons (Fsp3) is 0.444. The van der Waals surface area contributed by atoms with Crippen LogP contribution in [0.15, 0.2) is 43.0 Å². The Morgan fingerprint density at radius 2 is 2.17 bits per heavy atom. The fourth-order valence-electron chi connectivity index (χ4n) is 3.20. The quantitative estimate of drug-likeness (QED) is 0.311. The number of ether oxygens (including phenoxy) is 1. The van der Waals surface area contributed by atoms with Gasteiger partial charge in [0.1, 0.15) is 12.4 Å². The Bertz CT molecular complexity index is 628. The van der Waals surface area contributed by atoms with Crippen LogP contribution in [-0.4, -0.2) is 41.2 Å². The SMILES string of the molecule is C=CCOC(=O)N(CC1(C(=N)NO)CC1)C1C[C@@H]1c1ccccc1. The van der Waals surface area contributed by atoms with E-state index in [1.54, 1.807) is 11.0 Å². The summed E-state index contributed by atoms with van der Waals surface area (Å²) in [5.74, 6) is 0.371. The van der Waals surface area contributed by atoms with E-state index in [0.29, 0.717) is 12.5 Å². The zero-order chi connectivity index (χ0) is 17.2. The number of rotatable bonds is 7. The number of hydrogen-bond acceptors (Lipinski definition) is 4. The monoisotopic (exact) mass is 329 g/mol. The molecule has 0 bridgehead atoms. The lowest BCUT2D eigenvalue weighted by molar-refractivity contribution is 0.102. The number of amidine groups is 1. The Labute approximate surface area is 141 Å². The molecule has 0 spiro atoms. The maximum absolute atomic E-state index is 12.5. The van der Waals surface area contributed by atoms with Crippen LogP contribution < -0.4 is 5.48 Å². The molecule has 1 aromatic carbocycles. The van der Waals surface area contributed by atoms with E-state index < -0.39 is 5.41 Å². The van der Waals surface area contributed by atoms with Crippen LogP contribution >= 0.6 is 0 Å². The topological polar surface area (TPSA) is 85.7 Å². The van der Waals surface area contributed by atoms with Gasteiger partial charge in [0.25, 0.3) is 0 Å². The Hall–Kier alpha value is -2.34. The second kappa shape index (κ2) is 6.65. The number of hydroxylamine groups is 1. The maximum Gasteiger partial charge on any atom is 0.410 e. The highest BCUT2D eigenvalue weighted by Crippen LogP contribution is 2.51. The van der Waals surface area contributed by atoms with Crippen LogP contribution in [-0.2, 0) is 4.74 Å². The van der Waals surface area contributed by atoms with Crippen molar-refractivity contribution >= 4 is 11.9 Å². The third-order valence-corrected chi connectivity index (χ3v) is 4.91. The van der Waals surface area contributed by atoms with Crippen LogP contribution in [0.1, 0.15) is 30.7 Å². The van der Waals surface area contributed by atoms with Crippen LogP contribution in [0.3, 0.4) is 0 Å². The highest BCUT2D eigenvalue weighted by molar-refractivity contribution is 5.87. The number of amides is 1. The van der Waals surface area contributed by atoms with Crippen LogP contribution in [0.5, 0.6) is 0 Å². The van der Waals surface area contributed by atoms with E-state index in [2.05, 4.69) is 18.7 Å². The molecule has 6 nitrogen and oxygen atoms in total. The second-order valence-corrected chi connectivity index (χ2v) is 6.58. The summed E-state index contributed by atoms with van der Waals surface area (Å²) in [6.45, 7) is 4.13. The molecule has 3 N–H and O–H groups in total. The summed E-state index contributed by atoms with van der Waals surface area (Å²) in [4.78, 5) is 14.2. The summed E-state index contributed by atoms with van der Waals surface area (Å²) in [6.07, 6.45) is 3.63. The highest BCUT2D eigenvalue weighted by Gasteiger charge is 2.54. The minimum absolute atomic E-state index is 0.0703. The molecule has 3 rings (SSSR count). The van der Waals surface area contributed by atoms with Crippen molar-refractivity contribution in [3.8, 4) is 0 Å². The molecule has 2 aliphatic carbocycles. The van der Waals surface area contributed by atoms with Crippen molar-refractivity contribution in [3.05, 3.63) is 48.6 Å². The van der Waals surface area contributed by atoms with Gasteiger partial charge in [-0.25, -0.2) is 4.79 Å². The van der Waals surface area contributed by atoms with E-state index >= 15 is 0 Å². The first-order valence-electron chi connectivity index (χ1n) is 8.19. The molecule has 2 atom stereocenters. The van der Waals surface area contributed by atoms with Gasteiger partial charge in [0.2, 0.25) is 0 Å². The van der Waals surface area contributed by atoms with Gasteiger partial charge in [-0.1, -0.05) is 43.0 Å². The standard InChI is InChI=1S/C18H23N3O3/c1-2-10-24-17(22)21(12-18(8-9-18)16(19)20-23)15-11-14(15)13-6-4-3-5-7-13/h2-7,14-15,23H,1,8-12H2,(H2,19,20)/t14-,15?/m1/s1. The van der Waals surface area contributed by atoms with Gasteiger partial charge in [-0.2, -0.15) is 0 Å². The van der Waals surface area contributed by atoms with Crippen molar-refractivity contribution < 1.29 is 14.7 Å². The Balaban J connectivity index is 1.73. The summed E-state index contributed by atoms with van der Waals surface area (Å²) in [5.41, 5.74) is 2.69. The largest absolute Gasteiger partial charge is 0.445 e. The molecule has 2 fully saturated rings. The van der Waals surface area contributed by atoms with Crippen molar-refractivity contribution in [1.29, 1.82) is 5.41 Å². The predicted octanol–water partition coefficient (Wildman–Crippen LogP) is 2.90. The van der Waals surface area contributed by atoms with Gasteiger partial charge in [0.05, 0.1) is 0 Å². The first kappa shape index (κ1) is 16.5. The average Bonchev–Trinajstić information content (AvgIpc) is 3.52. The summed E-state index contributed by atoms with van der Waals surface area (Å²) in [5, 5.41) is 17.0. The number of carbonyl (C=O) groups excluding carboxylic acids is 1. The molecule has 1 unspecified atom stereocenters. The van der Waals surface area contributed by atoms with Gasteiger partial charge in [-0.15, -0.1) is 0 Å². The van der Waals surface area contributed by atoms with Gasteiger partial charge >= 0.3 is 6.09 Å². The first-order valence-corrected chi connectivity index (χ1v) is 8.19. The molecular formula is C18H23N3O3. The Morgan fingerprint density at radius 3 is 2.75 bits per heavy atom. The molecule has 0 aromatic heterocycles. The van der Waals surface area contributed by atoms with E-state index in [0.717, 1.165) is 19.3 Å². The third-order valence-electron chi connectivity index (χ3n) is 4.91. The average molecular weight is 329 g/mol. The normalized spacial score (nSPS) is 23.0. The van der Waals surface area contributed by atoms with Gasteiger partial charge in [-0.3, -0.25) is 16.1 Å². The number of hydrogen-bond donors (Lipinski definition) is 3. The van der Waals surface area contributed by atoms with Crippen LogP contribution in [0, 0.1) is 10.8 Å². The summed E-state index contributed by atoms with van der Waals surface area (Å²) >= 11 is 0. The van der Waals surface area contributed by atoms with Crippen molar-refractivity contribution in [1.82, 2.24) is 10.4 Å². The van der Waals surface area contributed by atoms with E-state index in [4.69, 9.17) is 15.4 Å². The van der Waals surface area contributed by atoms with Crippen LogP contribution in [0.25, 0.3) is 0 Å². The lowest BCUT2D eigenvalue weighted by Gasteiger charge is -2.27. The Morgan fingerprint density at radius 1 is 1.46 bits per heavy atom. The van der Waals surface area contributed by atoms with Crippen molar-refractivity contribution in [2.75, 3.05) is 13.2 Å². The van der Waals surface area contributed by atoms with Gasteiger partial charge in [-0.05, 0) is 24.8 Å². The maximum atomic E-state index is 12.5. The first-order chi connectivity index (χ1) is 11.6.